The first-order valence-electron chi connectivity index (χ1n) is 5.96. The molecule has 0 saturated heterocycles. The summed E-state index contributed by atoms with van der Waals surface area (Å²) < 4.78 is 14.4. The number of hydrogen-bond donors (Lipinski definition) is 1. The van der Waals surface area contributed by atoms with Gasteiger partial charge in [0.05, 0.1) is 6.21 Å². The number of hydrogen-bond acceptors (Lipinski definition) is 5. The van der Waals surface area contributed by atoms with Gasteiger partial charge in [-0.15, -0.1) is 15.3 Å². The summed E-state index contributed by atoms with van der Waals surface area (Å²) in [6.07, 6.45) is 1.59. The molecule has 0 atom stereocenters. The number of fused-ring (bicyclic) bond motifs is 1. The van der Waals surface area contributed by atoms with Crippen LogP contribution in [0.4, 0.5) is 10.2 Å². The first-order valence-corrected chi connectivity index (χ1v) is 5.96. The molecule has 0 aliphatic heterocycles. The molecule has 3 aromatic rings. The Labute approximate surface area is 114 Å². The second kappa shape index (κ2) is 5.04. The third-order valence-electron chi connectivity index (χ3n) is 2.68. The topological polar surface area (TPSA) is 67.5 Å². The minimum Gasteiger partial charge on any atom is -0.260 e. The lowest BCUT2D eigenvalue weighted by atomic mass is 10.2. The second-order valence-electron chi connectivity index (χ2n) is 4.16. The van der Waals surface area contributed by atoms with Gasteiger partial charge in [-0.3, -0.25) is 5.43 Å². The minimum atomic E-state index is -0.273. The van der Waals surface area contributed by atoms with Crippen LogP contribution in [-0.2, 0) is 0 Å². The van der Waals surface area contributed by atoms with Gasteiger partial charge in [-0.25, -0.2) is 4.39 Å². The van der Waals surface area contributed by atoms with Gasteiger partial charge in [0, 0.05) is 0 Å². The van der Waals surface area contributed by atoms with Crippen molar-refractivity contribution in [3.63, 3.8) is 0 Å². The van der Waals surface area contributed by atoms with Gasteiger partial charge >= 0.3 is 0 Å². The van der Waals surface area contributed by atoms with E-state index in [0.29, 0.717) is 17.3 Å². The summed E-state index contributed by atoms with van der Waals surface area (Å²) in [7, 11) is 0. The molecule has 2 heterocycles. The molecule has 1 aromatic carbocycles. The van der Waals surface area contributed by atoms with Crippen LogP contribution in [-0.4, -0.2) is 26.0 Å². The number of nitrogens with one attached hydrogen (secondary N) is 1. The van der Waals surface area contributed by atoms with Crippen LogP contribution < -0.4 is 5.43 Å². The quantitative estimate of drug-likeness (QED) is 0.584. The Morgan fingerprint density at radius 2 is 1.95 bits per heavy atom. The number of rotatable bonds is 3. The van der Waals surface area contributed by atoms with Crippen LogP contribution in [0.3, 0.4) is 0 Å². The number of aryl methyl sites for hydroxylation is 1. The van der Waals surface area contributed by atoms with Crippen molar-refractivity contribution in [1.29, 1.82) is 0 Å². The number of benzene rings is 1. The van der Waals surface area contributed by atoms with Crippen LogP contribution in [0.1, 0.15) is 11.4 Å². The van der Waals surface area contributed by atoms with Gasteiger partial charge in [0.25, 0.3) is 0 Å². The molecule has 2 aromatic heterocycles. The fourth-order valence-corrected chi connectivity index (χ4v) is 1.68. The highest BCUT2D eigenvalue weighted by Crippen LogP contribution is 2.06. The van der Waals surface area contributed by atoms with E-state index in [9.17, 15) is 4.39 Å². The van der Waals surface area contributed by atoms with E-state index in [2.05, 4.69) is 25.8 Å². The van der Waals surface area contributed by atoms with E-state index in [1.165, 1.54) is 12.1 Å². The Hall–Kier alpha value is -2.83. The molecule has 6 nitrogen and oxygen atoms in total. The Bertz CT molecular complexity index is 762. The van der Waals surface area contributed by atoms with Gasteiger partial charge in [0.1, 0.15) is 5.82 Å². The molecule has 0 aliphatic rings. The van der Waals surface area contributed by atoms with Crippen molar-refractivity contribution in [1.82, 2.24) is 19.8 Å². The van der Waals surface area contributed by atoms with Crippen molar-refractivity contribution in [3.05, 3.63) is 53.6 Å². The average Bonchev–Trinajstić information content (AvgIpc) is 2.83. The molecule has 0 spiro atoms. The van der Waals surface area contributed by atoms with Gasteiger partial charge in [-0.05, 0) is 36.8 Å². The molecular formula is C13H11FN6. The molecule has 0 amide bonds. The summed E-state index contributed by atoms with van der Waals surface area (Å²) in [5.74, 6) is 0.996. The second-order valence-corrected chi connectivity index (χ2v) is 4.16. The van der Waals surface area contributed by atoms with Crippen molar-refractivity contribution >= 4 is 17.7 Å². The normalized spacial score (nSPS) is 11.3. The zero-order chi connectivity index (χ0) is 13.9. The van der Waals surface area contributed by atoms with E-state index in [1.54, 1.807) is 35.0 Å². The average molecular weight is 270 g/mol. The maximum atomic E-state index is 12.7. The first kappa shape index (κ1) is 12.2. The highest BCUT2D eigenvalue weighted by Gasteiger charge is 2.02. The number of anilines is 1. The van der Waals surface area contributed by atoms with Gasteiger partial charge in [-0.2, -0.15) is 9.62 Å². The maximum Gasteiger partial charge on any atom is 0.178 e. The molecular weight excluding hydrogens is 259 g/mol. The predicted molar refractivity (Wildman–Crippen MR) is 73.1 cm³/mol. The van der Waals surface area contributed by atoms with E-state index >= 15 is 0 Å². The maximum absolute atomic E-state index is 12.7. The van der Waals surface area contributed by atoms with Gasteiger partial charge in [0.2, 0.25) is 0 Å². The molecule has 7 heteroatoms. The zero-order valence-electron chi connectivity index (χ0n) is 10.7. The molecule has 1 N–H and O–H groups in total. The highest BCUT2D eigenvalue weighted by atomic mass is 19.1. The summed E-state index contributed by atoms with van der Waals surface area (Å²) >= 11 is 0. The van der Waals surface area contributed by atoms with Crippen molar-refractivity contribution in [3.8, 4) is 0 Å². The van der Waals surface area contributed by atoms with E-state index in [-0.39, 0.29) is 5.82 Å². The van der Waals surface area contributed by atoms with Crippen molar-refractivity contribution in [2.45, 2.75) is 6.92 Å². The molecule has 0 unspecified atom stereocenters. The van der Waals surface area contributed by atoms with Gasteiger partial charge < -0.3 is 0 Å². The molecule has 0 aliphatic carbocycles. The van der Waals surface area contributed by atoms with Crippen LogP contribution in [0, 0.1) is 12.7 Å². The number of hydrazone groups is 1. The molecule has 20 heavy (non-hydrogen) atoms. The summed E-state index contributed by atoms with van der Waals surface area (Å²) in [4.78, 5) is 0. The number of nitrogens with zero attached hydrogens (tertiary/aromatic N) is 5. The minimum absolute atomic E-state index is 0.273. The summed E-state index contributed by atoms with van der Waals surface area (Å²) in [6, 6.07) is 9.59. The summed E-state index contributed by atoms with van der Waals surface area (Å²) in [6.45, 7) is 1.82. The van der Waals surface area contributed by atoms with Crippen LogP contribution in [0.2, 0.25) is 0 Å². The lowest BCUT2D eigenvalue weighted by Gasteiger charge is -2.00. The molecule has 0 saturated carbocycles. The summed E-state index contributed by atoms with van der Waals surface area (Å²) in [5, 5.41) is 16.2. The molecule has 0 fully saturated rings. The molecule has 0 radical (unpaired) electrons. The van der Waals surface area contributed by atoms with Crippen LogP contribution >= 0.6 is 0 Å². The SMILES string of the molecule is Cc1nnc2ccc(N/N=C\c3ccc(F)cc3)nn12. The number of halogens is 1. The first-order chi connectivity index (χ1) is 9.72. The molecule has 3 rings (SSSR count). The van der Waals surface area contributed by atoms with E-state index in [4.69, 9.17) is 0 Å². The smallest absolute Gasteiger partial charge is 0.178 e. The fourth-order valence-electron chi connectivity index (χ4n) is 1.68. The standard InChI is InChI=1S/C13H11FN6/c1-9-16-18-13-7-6-12(19-20(9)13)17-15-8-10-2-4-11(14)5-3-10/h2-8H,1H3,(H,17,19)/b15-8-. The monoisotopic (exact) mass is 270 g/mol. The van der Waals surface area contributed by atoms with Gasteiger partial charge in [-0.1, -0.05) is 12.1 Å². The van der Waals surface area contributed by atoms with Crippen LogP contribution in [0.15, 0.2) is 41.5 Å². The van der Waals surface area contributed by atoms with Crippen molar-refractivity contribution in [2.75, 3.05) is 5.43 Å². The molecule has 100 valence electrons. The third kappa shape index (κ3) is 2.46. The zero-order valence-corrected chi connectivity index (χ0v) is 10.7. The number of aromatic nitrogens is 4. The predicted octanol–water partition coefficient (Wildman–Crippen LogP) is 2.02. The Morgan fingerprint density at radius 3 is 2.75 bits per heavy atom. The highest BCUT2D eigenvalue weighted by molar-refractivity contribution is 5.79. The Kier molecular flexibility index (Phi) is 3.08. The van der Waals surface area contributed by atoms with E-state index < -0.39 is 0 Å². The fraction of sp³-hybridized carbons (Fsp3) is 0.0769. The Morgan fingerprint density at radius 1 is 1.15 bits per heavy atom. The largest absolute Gasteiger partial charge is 0.260 e. The lowest BCUT2D eigenvalue weighted by Crippen LogP contribution is -2.00. The van der Waals surface area contributed by atoms with E-state index in [1.807, 2.05) is 6.92 Å². The van der Waals surface area contributed by atoms with Gasteiger partial charge in [0.15, 0.2) is 17.3 Å². The van der Waals surface area contributed by atoms with E-state index in [0.717, 1.165) is 5.56 Å². The molecule has 0 bridgehead atoms. The Balaban J connectivity index is 1.76. The lowest BCUT2D eigenvalue weighted by molar-refractivity contribution is 0.628. The third-order valence-corrected chi connectivity index (χ3v) is 2.68. The van der Waals surface area contributed by atoms with Crippen LogP contribution in [0.25, 0.3) is 5.65 Å². The van der Waals surface area contributed by atoms with Crippen molar-refractivity contribution in [2.24, 2.45) is 5.10 Å². The summed E-state index contributed by atoms with van der Waals surface area (Å²) in [5.41, 5.74) is 4.27. The van der Waals surface area contributed by atoms with Crippen molar-refractivity contribution < 1.29 is 4.39 Å². The van der Waals surface area contributed by atoms with Crippen LogP contribution in [0.5, 0.6) is 0 Å².